The molecule has 0 saturated carbocycles. The molecule has 0 radical (unpaired) electrons. The molecule has 1 aromatic carbocycles. The van der Waals surface area contributed by atoms with Gasteiger partial charge in [-0.2, -0.15) is 4.98 Å². The second kappa shape index (κ2) is 8.22. The molecular weight excluding hydrogens is 352 g/mol. The van der Waals surface area contributed by atoms with Crippen molar-refractivity contribution in [1.29, 1.82) is 5.41 Å². The van der Waals surface area contributed by atoms with Crippen molar-refractivity contribution >= 4 is 29.0 Å². The lowest BCUT2D eigenvalue weighted by molar-refractivity contribution is 0.121. The fourth-order valence-corrected chi connectivity index (χ4v) is 3.47. The number of ether oxygens (including phenoxy) is 1. The highest BCUT2D eigenvalue weighted by Gasteiger charge is 2.21. The first-order valence-electron chi connectivity index (χ1n) is 9.42. The van der Waals surface area contributed by atoms with E-state index in [2.05, 4.69) is 50.1 Å². The lowest BCUT2D eigenvalue weighted by Crippen LogP contribution is -2.38. The third-order valence-corrected chi connectivity index (χ3v) is 4.89. The summed E-state index contributed by atoms with van der Waals surface area (Å²) >= 11 is 0. The van der Waals surface area contributed by atoms with Crippen molar-refractivity contribution in [1.82, 2.24) is 19.9 Å². The predicted octanol–water partition coefficient (Wildman–Crippen LogP) is 2.53. The number of anilines is 1. The minimum Gasteiger partial charge on any atom is -0.388 e. The molecule has 0 bridgehead atoms. The number of rotatable bonds is 6. The lowest BCUT2D eigenvalue weighted by atomic mass is 10.2. The van der Waals surface area contributed by atoms with Gasteiger partial charge in [-0.15, -0.1) is 0 Å². The van der Waals surface area contributed by atoms with Gasteiger partial charge < -0.3 is 24.9 Å². The average molecular weight is 376 g/mol. The summed E-state index contributed by atoms with van der Waals surface area (Å²) in [5, 5.41) is 10.5. The minimum atomic E-state index is 0.708. The van der Waals surface area contributed by atoms with Gasteiger partial charge in [0.1, 0.15) is 0 Å². The van der Waals surface area contributed by atoms with E-state index >= 15 is 0 Å². The molecule has 2 aromatic heterocycles. The van der Waals surface area contributed by atoms with E-state index in [1.165, 1.54) is 11.8 Å². The van der Waals surface area contributed by atoms with Crippen molar-refractivity contribution in [3.8, 4) is 0 Å². The van der Waals surface area contributed by atoms with E-state index in [1.807, 2.05) is 13.1 Å². The molecule has 0 aliphatic carbocycles. The smallest absolute Gasteiger partial charge is 0.208 e. The summed E-state index contributed by atoms with van der Waals surface area (Å²) in [5.74, 6) is 0.925. The van der Waals surface area contributed by atoms with Gasteiger partial charge in [0.25, 0.3) is 0 Å². The SMILES string of the molecule is CN/C(=C\C=N)c1cnc2nc(N3CCOCC3)n(Cc3ccccc3)c2c1. The number of allylic oxidation sites excluding steroid dienone is 1. The van der Waals surface area contributed by atoms with Crippen LogP contribution in [0.15, 0.2) is 48.7 Å². The number of hydrogen-bond acceptors (Lipinski definition) is 6. The first-order valence-corrected chi connectivity index (χ1v) is 9.42. The number of benzene rings is 1. The van der Waals surface area contributed by atoms with Crippen molar-refractivity contribution in [3.05, 3.63) is 59.8 Å². The van der Waals surface area contributed by atoms with Crippen LogP contribution >= 0.6 is 0 Å². The van der Waals surface area contributed by atoms with Crippen LogP contribution in [-0.4, -0.2) is 54.1 Å². The van der Waals surface area contributed by atoms with E-state index in [9.17, 15) is 0 Å². The molecular formula is C21H24N6O. The molecule has 2 N–H and O–H groups in total. The largest absolute Gasteiger partial charge is 0.388 e. The Morgan fingerprint density at radius 3 is 2.75 bits per heavy atom. The molecule has 1 fully saturated rings. The Bertz CT molecular complexity index is 989. The second-order valence-corrected chi connectivity index (χ2v) is 6.65. The molecule has 144 valence electrons. The maximum absolute atomic E-state index is 7.38. The van der Waals surface area contributed by atoms with Crippen LogP contribution in [-0.2, 0) is 11.3 Å². The quantitative estimate of drug-likeness (QED) is 0.647. The number of fused-ring (bicyclic) bond motifs is 1. The summed E-state index contributed by atoms with van der Waals surface area (Å²) in [6.07, 6.45) is 4.80. The fourth-order valence-electron chi connectivity index (χ4n) is 3.47. The van der Waals surface area contributed by atoms with E-state index in [4.69, 9.17) is 15.1 Å². The molecule has 7 nitrogen and oxygen atoms in total. The number of pyridine rings is 1. The Morgan fingerprint density at radius 2 is 2.04 bits per heavy atom. The van der Waals surface area contributed by atoms with Crippen molar-refractivity contribution in [2.24, 2.45) is 0 Å². The number of nitrogens with zero attached hydrogens (tertiary/aromatic N) is 4. The van der Waals surface area contributed by atoms with Crippen LogP contribution in [0.1, 0.15) is 11.1 Å². The number of aromatic nitrogens is 3. The summed E-state index contributed by atoms with van der Waals surface area (Å²) in [6.45, 7) is 3.78. The lowest BCUT2D eigenvalue weighted by Gasteiger charge is -2.28. The van der Waals surface area contributed by atoms with Gasteiger partial charge in [-0.25, -0.2) is 4.98 Å². The zero-order chi connectivity index (χ0) is 19.3. The van der Waals surface area contributed by atoms with Crippen molar-refractivity contribution < 1.29 is 4.74 Å². The van der Waals surface area contributed by atoms with Crippen LogP contribution in [0.5, 0.6) is 0 Å². The third-order valence-electron chi connectivity index (χ3n) is 4.89. The third kappa shape index (κ3) is 3.61. The van der Waals surface area contributed by atoms with E-state index in [1.54, 1.807) is 12.3 Å². The molecule has 0 spiro atoms. The van der Waals surface area contributed by atoms with Crippen LogP contribution in [0.3, 0.4) is 0 Å². The fraction of sp³-hybridized carbons (Fsp3) is 0.286. The molecule has 28 heavy (non-hydrogen) atoms. The highest BCUT2D eigenvalue weighted by molar-refractivity contribution is 5.85. The second-order valence-electron chi connectivity index (χ2n) is 6.65. The summed E-state index contributed by atoms with van der Waals surface area (Å²) in [4.78, 5) is 11.7. The Balaban J connectivity index is 1.83. The zero-order valence-electron chi connectivity index (χ0n) is 15.9. The first kappa shape index (κ1) is 18.2. The van der Waals surface area contributed by atoms with Gasteiger partial charge in [-0.1, -0.05) is 30.3 Å². The number of hydrogen-bond donors (Lipinski definition) is 2. The topological polar surface area (TPSA) is 79.1 Å². The first-order chi connectivity index (χ1) is 13.8. The van der Waals surface area contributed by atoms with Crippen LogP contribution in [0, 0.1) is 5.41 Å². The highest BCUT2D eigenvalue weighted by atomic mass is 16.5. The molecule has 3 aromatic rings. The summed E-state index contributed by atoms with van der Waals surface area (Å²) in [6, 6.07) is 12.5. The van der Waals surface area contributed by atoms with Gasteiger partial charge in [0, 0.05) is 43.8 Å². The molecule has 0 atom stereocenters. The standard InChI is InChI=1S/C21H24N6O/c1-23-18(7-8-22)17-13-19-20(24-14-17)25-21(26-9-11-28-12-10-26)27(19)15-16-5-3-2-4-6-16/h2-8,13-14,22-23H,9-12,15H2,1H3/b18-7-,22-8?. The van der Waals surface area contributed by atoms with Gasteiger partial charge in [0.15, 0.2) is 5.65 Å². The Morgan fingerprint density at radius 1 is 1.25 bits per heavy atom. The molecule has 7 heteroatoms. The Labute approximate surface area is 164 Å². The monoisotopic (exact) mass is 376 g/mol. The molecule has 1 saturated heterocycles. The van der Waals surface area contributed by atoms with E-state index in [0.717, 1.165) is 48.0 Å². The minimum absolute atomic E-state index is 0.708. The predicted molar refractivity (Wildman–Crippen MR) is 112 cm³/mol. The normalized spacial score (nSPS) is 15.0. The van der Waals surface area contributed by atoms with Gasteiger partial charge in [0.2, 0.25) is 5.95 Å². The molecule has 0 amide bonds. The van der Waals surface area contributed by atoms with Gasteiger partial charge in [-0.05, 0) is 17.7 Å². The van der Waals surface area contributed by atoms with Crippen molar-refractivity contribution in [3.63, 3.8) is 0 Å². The number of imidazole rings is 1. The van der Waals surface area contributed by atoms with E-state index in [-0.39, 0.29) is 0 Å². The zero-order valence-corrected chi connectivity index (χ0v) is 15.9. The summed E-state index contributed by atoms with van der Waals surface area (Å²) in [5.41, 5.74) is 4.71. The molecule has 1 aliphatic rings. The molecule has 3 heterocycles. The van der Waals surface area contributed by atoms with Crippen molar-refractivity contribution in [2.75, 3.05) is 38.3 Å². The van der Waals surface area contributed by atoms with Gasteiger partial charge >= 0.3 is 0 Å². The van der Waals surface area contributed by atoms with Crippen LogP contribution in [0.25, 0.3) is 16.9 Å². The van der Waals surface area contributed by atoms with Crippen LogP contribution in [0.2, 0.25) is 0 Å². The van der Waals surface area contributed by atoms with E-state index in [0.29, 0.717) is 13.2 Å². The highest BCUT2D eigenvalue weighted by Crippen LogP contribution is 2.26. The summed E-state index contributed by atoms with van der Waals surface area (Å²) < 4.78 is 7.74. The molecule has 4 rings (SSSR count). The van der Waals surface area contributed by atoms with Crippen molar-refractivity contribution in [2.45, 2.75) is 6.54 Å². The van der Waals surface area contributed by atoms with E-state index < -0.39 is 0 Å². The molecule has 1 aliphatic heterocycles. The number of nitrogens with one attached hydrogen (secondary N) is 2. The van der Waals surface area contributed by atoms with Crippen LogP contribution < -0.4 is 10.2 Å². The number of morpholine rings is 1. The Kier molecular flexibility index (Phi) is 5.34. The maximum Gasteiger partial charge on any atom is 0.208 e. The van der Waals surface area contributed by atoms with Crippen LogP contribution in [0.4, 0.5) is 5.95 Å². The Hall–Kier alpha value is -3.19. The molecule has 0 unspecified atom stereocenters. The van der Waals surface area contributed by atoms with Gasteiger partial charge in [0.05, 0.1) is 25.3 Å². The summed E-state index contributed by atoms with van der Waals surface area (Å²) in [7, 11) is 1.85. The van der Waals surface area contributed by atoms with Gasteiger partial charge in [-0.3, -0.25) is 0 Å². The maximum atomic E-state index is 7.38. The average Bonchev–Trinajstić information content (AvgIpc) is 3.11.